The maximum absolute atomic E-state index is 13.1. The van der Waals surface area contributed by atoms with Gasteiger partial charge in [0, 0.05) is 23.2 Å². The monoisotopic (exact) mass is 413 g/mol. The number of hydrogen-bond acceptors (Lipinski definition) is 4. The summed E-state index contributed by atoms with van der Waals surface area (Å²) in [6, 6.07) is 5.59. The van der Waals surface area contributed by atoms with Crippen LogP contribution in [-0.4, -0.2) is 24.1 Å². The number of halogens is 4. The van der Waals surface area contributed by atoms with Crippen molar-refractivity contribution in [3.05, 3.63) is 62.2 Å². The van der Waals surface area contributed by atoms with E-state index in [1.54, 1.807) is 6.20 Å². The number of H-pyrrole nitrogens is 1. The van der Waals surface area contributed by atoms with E-state index in [0.717, 1.165) is 16.6 Å². The molecule has 0 radical (unpaired) electrons. The van der Waals surface area contributed by atoms with E-state index < -0.39 is 11.9 Å². The van der Waals surface area contributed by atoms with Crippen LogP contribution in [0.2, 0.25) is 5.15 Å². The lowest BCUT2D eigenvalue weighted by Crippen LogP contribution is -2.19. The number of aromatic nitrogens is 5. The van der Waals surface area contributed by atoms with Crippen molar-refractivity contribution in [3.8, 4) is 11.4 Å². The fourth-order valence-electron chi connectivity index (χ4n) is 2.88. The molecule has 1 N–H and O–H groups in total. The van der Waals surface area contributed by atoms with Crippen molar-refractivity contribution in [2.45, 2.75) is 19.6 Å². The van der Waals surface area contributed by atoms with Gasteiger partial charge < -0.3 is 4.98 Å². The predicted molar refractivity (Wildman–Crippen MR) is 95.2 cm³/mol. The third kappa shape index (κ3) is 3.15. The zero-order chi connectivity index (χ0) is 19.3. The molecule has 0 saturated carbocycles. The molecule has 0 aliphatic carbocycles. The Kier molecular flexibility index (Phi) is 4.11. The highest BCUT2D eigenvalue weighted by molar-refractivity contribution is 7.17. The van der Waals surface area contributed by atoms with E-state index in [0.29, 0.717) is 15.3 Å². The van der Waals surface area contributed by atoms with Crippen LogP contribution in [0, 0.1) is 6.92 Å². The Bertz CT molecular complexity index is 1190. The number of nitrogens with zero attached hydrogens (tertiary/aromatic N) is 4. The summed E-state index contributed by atoms with van der Waals surface area (Å²) in [5.41, 5.74) is 0.236. The quantitative estimate of drug-likeness (QED) is 0.552. The number of thiazole rings is 1. The van der Waals surface area contributed by atoms with Gasteiger partial charge in [0.05, 0.1) is 23.6 Å². The van der Waals surface area contributed by atoms with Gasteiger partial charge in [-0.2, -0.15) is 18.3 Å². The Morgan fingerprint density at radius 2 is 2.11 bits per heavy atom. The van der Waals surface area contributed by atoms with Crippen LogP contribution in [0.5, 0.6) is 0 Å². The largest absolute Gasteiger partial charge is 0.433 e. The van der Waals surface area contributed by atoms with Crippen molar-refractivity contribution >= 4 is 27.9 Å². The zero-order valence-corrected chi connectivity index (χ0v) is 15.3. The number of aromatic amines is 1. The predicted octanol–water partition coefficient (Wildman–Crippen LogP) is 3.98. The average Bonchev–Trinajstić information content (AvgIpc) is 3.25. The normalized spacial score (nSPS) is 12.2. The van der Waals surface area contributed by atoms with E-state index in [9.17, 15) is 18.0 Å². The highest BCUT2D eigenvalue weighted by Gasteiger charge is 2.35. The summed E-state index contributed by atoms with van der Waals surface area (Å²) in [5, 5.41) is 3.38. The van der Waals surface area contributed by atoms with Crippen molar-refractivity contribution in [2.24, 2.45) is 0 Å². The van der Waals surface area contributed by atoms with E-state index in [1.165, 1.54) is 21.8 Å². The van der Waals surface area contributed by atoms with Crippen LogP contribution < -0.4 is 5.56 Å². The second-order valence-electron chi connectivity index (χ2n) is 5.80. The van der Waals surface area contributed by atoms with Crippen LogP contribution in [-0.2, 0) is 12.7 Å². The third-order valence-corrected chi connectivity index (χ3v) is 5.09. The lowest BCUT2D eigenvalue weighted by molar-refractivity contribution is -0.144. The van der Waals surface area contributed by atoms with Gasteiger partial charge in [-0.1, -0.05) is 11.6 Å². The molecule has 4 rings (SSSR count). The van der Waals surface area contributed by atoms with Crippen molar-refractivity contribution < 1.29 is 13.2 Å². The standard InChI is InChI=1S/C16H11ClF3N5OS/c1-8-14(10-3-2-4-21-10)25-13(26)5-9(22-15(25)27-8)7-24-11(16(18,19)20)6-12(17)23-24/h2-6,21H,7H2,1H3. The lowest BCUT2D eigenvalue weighted by Gasteiger charge is -2.09. The molecule has 27 heavy (non-hydrogen) atoms. The smallest absolute Gasteiger partial charge is 0.360 e. The Morgan fingerprint density at radius 3 is 2.78 bits per heavy atom. The molecule has 4 heterocycles. The first-order valence-electron chi connectivity index (χ1n) is 7.70. The highest BCUT2D eigenvalue weighted by Crippen LogP contribution is 2.32. The maximum Gasteiger partial charge on any atom is 0.433 e. The minimum absolute atomic E-state index is 0.171. The van der Waals surface area contributed by atoms with Gasteiger partial charge in [-0.25, -0.2) is 9.38 Å². The molecule has 11 heteroatoms. The zero-order valence-electron chi connectivity index (χ0n) is 13.7. The Balaban J connectivity index is 1.81. The molecule has 0 bridgehead atoms. The van der Waals surface area contributed by atoms with E-state index >= 15 is 0 Å². The molecule has 4 aromatic heterocycles. The Morgan fingerprint density at radius 1 is 1.33 bits per heavy atom. The van der Waals surface area contributed by atoms with Crippen molar-refractivity contribution in [3.63, 3.8) is 0 Å². The van der Waals surface area contributed by atoms with Crippen LogP contribution in [0.15, 0.2) is 35.3 Å². The van der Waals surface area contributed by atoms with E-state index in [4.69, 9.17) is 11.6 Å². The number of hydrogen-bond donors (Lipinski definition) is 1. The first-order chi connectivity index (χ1) is 12.7. The van der Waals surface area contributed by atoms with Gasteiger partial charge in [-0.3, -0.25) is 9.48 Å². The number of aryl methyl sites for hydroxylation is 1. The van der Waals surface area contributed by atoms with Gasteiger partial charge in [0.1, 0.15) is 5.69 Å². The van der Waals surface area contributed by atoms with E-state index in [1.807, 2.05) is 19.1 Å². The third-order valence-electron chi connectivity index (χ3n) is 3.95. The Hall–Kier alpha value is -2.59. The second-order valence-corrected chi connectivity index (χ2v) is 7.37. The maximum atomic E-state index is 13.1. The second kappa shape index (κ2) is 6.24. The van der Waals surface area contributed by atoms with Crippen molar-refractivity contribution in [2.75, 3.05) is 0 Å². The summed E-state index contributed by atoms with van der Waals surface area (Å²) < 4.78 is 41.5. The van der Waals surface area contributed by atoms with Crippen molar-refractivity contribution in [1.82, 2.24) is 24.1 Å². The first kappa shape index (κ1) is 17.8. The minimum Gasteiger partial charge on any atom is -0.360 e. The fraction of sp³-hybridized carbons (Fsp3) is 0.188. The molecule has 6 nitrogen and oxygen atoms in total. The molecule has 140 valence electrons. The molecule has 0 atom stereocenters. The van der Waals surface area contributed by atoms with E-state index in [2.05, 4.69) is 15.1 Å². The van der Waals surface area contributed by atoms with Crippen molar-refractivity contribution in [1.29, 1.82) is 0 Å². The van der Waals surface area contributed by atoms with Gasteiger partial charge in [-0.15, -0.1) is 11.3 Å². The SMILES string of the molecule is Cc1sc2nc(Cn3nc(Cl)cc3C(F)(F)F)cc(=O)n2c1-c1ccc[nH]1. The van der Waals surface area contributed by atoms with Crippen LogP contribution in [0.3, 0.4) is 0 Å². The number of alkyl halides is 3. The highest BCUT2D eigenvalue weighted by atomic mass is 35.5. The molecule has 4 aromatic rings. The van der Waals surface area contributed by atoms with Gasteiger partial charge in [0.2, 0.25) is 0 Å². The van der Waals surface area contributed by atoms with Gasteiger partial charge in [-0.05, 0) is 19.1 Å². The van der Waals surface area contributed by atoms with Crippen LogP contribution in [0.25, 0.3) is 16.3 Å². The average molecular weight is 414 g/mol. The molecule has 0 saturated heterocycles. The van der Waals surface area contributed by atoms with Crippen LogP contribution in [0.4, 0.5) is 13.2 Å². The summed E-state index contributed by atoms with van der Waals surface area (Å²) in [6.45, 7) is 1.53. The molecule has 0 aliphatic rings. The molecular formula is C16H11ClF3N5OS. The fourth-order valence-corrected chi connectivity index (χ4v) is 4.08. The number of rotatable bonds is 3. The summed E-state index contributed by atoms with van der Waals surface area (Å²) >= 11 is 6.91. The summed E-state index contributed by atoms with van der Waals surface area (Å²) in [7, 11) is 0. The summed E-state index contributed by atoms with van der Waals surface area (Å²) in [6.07, 6.45) is -2.87. The Labute approximate surface area is 158 Å². The van der Waals surface area contributed by atoms with E-state index in [-0.39, 0.29) is 23.0 Å². The number of fused-ring (bicyclic) bond motifs is 1. The lowest BCUT2D eigenvalue weighted by atomic mass is 10.3. The molecule has 0 aromatic carbocycles. The van der Waals surface area contributed by atoms with Gasteiger partial charge in [0.15, 0.2) is 10.1 Å². The molecule has 0 amide bonds. The number of nitrogens with one attached hydrogen (secondary N) is 1. The molecular weight excluding hydrogens is 403 g/mol. The van der Waals surface area contributed by atoms with Crippen LogP contribution >= 0.6 is 22.9 Å². The van der Waals surface area contributed by atoms with Gasteiger partial charge in [0.25, 0.3) is 5.56 Å². The van der Waals surface area contributed by atoms with Crippen LogP contribution in [0.1, 0.15) is 16.3 Å². The summed E-state index contributed by atoms with van der Waals surface area (Å²) in [4.78, 5) is 21.3. The molecule has 0 unspecified atom stereocenters. The topological polar surface area (TPSA) is 68.0 Å². The molecule has 0 aliphatic heterocycles. The minimum atomic E-state index is -4.61. The summed E-state index contributed by atoms with van der Waals surface area (Å²) in [5.74, 6) is 0. The first-order valence-corrected chi connectivity index (χ1v) is 8.90. The molecule has 0 fully saturated rings. The van der Waals surface area contributed by atoms with Gasteiger partial charge >= 0.3 is 6.18 Å². The molecule has 0 spiro atoms.